The van der Waals surface area contributed by atoms with Crippen molar-refractivity contribution >= 4 is 22.4 Å². The molecule has 3 rings (SSSR count). The number of benzene rings is 1. The highest BCUT2D eigenvalue weighted by Crippen LogP contribution is 2.24. The van der Waals surface area contributed by atoms with E-state index in [1.54, 1.807) is 24.8 Å². The van der Waals surface area contributed by atoms with Crippen LogP contribution >= 0.6 is 11.3 Å². The molecule has 2 heterocycles. The number of nitrogens with zero attached hydrogens (tertiary/aromatic N) is 2. The number of rotatable bonds is 5. The van der Waals surface area contributed by atoms with Gasteiger partial charge in [0.1, 0.15) is 5.69 Å². The molecule has 25 heavy (non-hydrogen) atoms. The molecule has 0 radical (unpaired) electrons. The first kappa shape index (κ1) is 17.1. The van der Waals surface area contributed by atoms with Crippen LogP contribution in [0.1, 0.15) is 38.8 Å². The molecule has 1 aromatic carbocycles. The van der Waals surface area contributed by atoms with E-state index in [1.807, 2.05) is 18.2 Å². The minimum Gasteiger partial charge on any atom is -0.365 e. The zero-order valence-electron chi connectivity index (χ0n) is 14.4. The predicted molar refractivity (Wildman–Crippen MR) is 101 cm³/mol. The van der Waals surface area contributed by atoms with Crippen LogP contribution in [0, 0.1) is 13.8 Å². The molecule has 3 aromatic rings. The van der Waals surface area contributed by atoms with E-state index < -0.39 is 0 Å². The third kappa shape index (κ3) is 3.85. The van der Waals surface area contributed by atoms with Crippen molar-refractivity contribution in [3.63, 3.8) is 0 Å². The molecule has 0 fully saturated rings. The van der Waals surface area contributed by atoms with Crippen molar-refractivity contribution in [1.29, 1.82) is 0 Å². The maximum absolute atomic E-state index is 12.7. The monoisotopic (exact) mass is 352 g/mol. The quantitative estimate of drug-likeness (QED) is 0.734. The van der Waals surface area contributed by atoms with Gasteiger partial charge in [-0.25, -0.2) is 4.98 Å². The van der Waals surface area contributed by atoms with Crippen LogP contribution in [0.25, 0.3) is 0 Å². The van der Waals surface area contributed by atoms with Crippen molar-refractivity contribution in [2.75, 3.05) is 12.4 Å². The summed E-state index contributed by atoms with van der Waals surface area (Å²) in [6.45, 7) is 4.14. The topological polar surface area (TPSA) is 66.9 Å². The van der Waals surface area contributed by atoms with Gasteiger partial charge in [-0.1, -0.05) is 24.3 Å². The summed E-state index contributed by atoms with van der Waals surface area (Å²) in [5.41, 5.74) is 4.77. The fourth-order valence-electron chi connectivity index (χ4n) is 2.55. The Morgan fingerprint density at radius 3 is 2.64 bits per heavy atom. The molecule has 0 saturated heterocycles. The summed E-state index contributed by atoms with van der Waals surface area (Å²) in [5.74, 6) is -0.204. The number of carbonyl (C=O) groups excluding carboxylic acids is 1. The van der Waals surface area contributed by atoms with Gasteiger partial charge in [-0.05, 0) is 42.2 Å². The lowest BCUT2D eigenvalue weighted by Gasteiger charge is -2.20. The summed E-state index contributed by atoms with van der Waals surface area (Å²) in [4.78, 5) is 21.1. The van der Waals surface area contributed by atoms with Crippen molar-refractivity contribution in [1.82, 2.24) is 15.3 Å². The molecular weight excluding hydrogens is 332 g/mol. The largest absolute Gasteiger partial charge is 0.365 e. The van der Waals surface area contributed by atoms with E-state index in [-0.39, 0.29) is 11.9 Å². The predicted octanol–water partition coefficient (Wildman–Crippen LogP) is 3.72. The molecule has 0 unspecified atom stereocenters. The summed E-state index contributed by atoms with van der Waals surface area (Å²) in [5, 5.41) is 8.51. The lowest BCUT2D eigenvalue weighted by molar-refractivity contribution is 0.0938. The Hall–Kier alpha value is -2.73. The summed E-state index contributed by atoms with van der Waals surface area (Å²) >= 11 is 1.41. The molecular formula is C19H20N4OS. The molecule has 0 aliphatic heterocycles. The van der Waals surface area contributed by atoms with Crippen LogP contribution in [0.5, 0.6) is 0 Å². The highest BCUT2D eigenvalue weighted by molar-refractivity contribution is 7.13. The van der Waals surface area contributed by atoms with Crippen LogP contribution in [0.4, 0.5) is 5.13 Å². The van der Waals surface area contributed by atoms with Gasteiger partial charge in [0.2, 0.25) is 0 Å². The third-order valence-corrected chi connectivity index (χ3v) is 4.97. The second-order valence-electron chi connectivity index (χ2n) is 5.82. The molecule has 2 N–H and O–H groups in total. The van der Waals surface area contributed by atoms with Crippen molar-refractivity contribution in [2.45, 2.75) is 19.9 Å². The first-order chi connectivity index (χ1) is 12.1. The second kappa shape index (κ2) is 7.44. The molecule has 5 nitrogen and oxygen atoms in total. The van der Waals surface area contributed by atoms with Crippen molar-refractivity contribution in [3.05, 3.63) is 76.1 Å². The van der Waals surface area contributed by atoms with E-state index in [2.05, 4.69) is 46.6 Å². The maximum Gasteiger partial charge on any atom is 0.271 e. The van der Waals surface area contributed by atoms with Gasteiger partial charge in [0.25, 0.3) is 5.91 Å². The highest BCUT2D eigenvalue weighted by atomic mass is 32.1. The van der Waals surface area contributed by atoms with Gasteiger partial charge in [0.15, 0.2) is 5.13 Å². The molecule has 0 aliphatic carbocycles. The average Bonchev–Trinajstić information content (AvgIpc) is 3.12. The number of carbonyl (C=O) groups is 1. The third-order valence-electron chi connectivity index (χ3n) is 4.11. The zero-order chi connectivity index (χ0) is 17.8. The van der Waals surface area contributed by atoms with Crippen LogP contribution in [-0.4, -0.2) is 22.9 Å². The zero-order valence-corrected chi connectivity index (χ0v) is 15.2. The minimum absolute atomic E-state index is 0.204. The van der Waals surface area contributed by atoms with Gasteiger partial charge in [0, 0.05) is 24.8 Å². The Morgan fingerprint density at radius 2 is 2.00 bits per heavy atom. The fraction of sp³-hybridized carbons (Fsp3) is 0.211. The van der Waals surface area contributed by atoms with Gasteiger partial charge in [-0.3, -0.25) is 9.78 Å². The summed E-state index contributed by atoms with van der Waals surface area (Å²) in [6.07, 6.45) is 3.50. The maximum atomic E-state index is 12.7. The van der Waals surface area contributed by atoms with Crippen molar-refractivity contribution in [2.24, 2.45) is 0 Å². The number of aryl methyl sites for hydroxylation is 2. The van der Waals surface area contributed by atoms with Gasteiger partial charge >= 0.3 is 0 Å². The smallest absolute Gasteiger partial charge is 0.271 e. The van der Waals surface area contributed by atoms with E-state index in [1.165, 1.54) is 22.5 Å². The Morgan fingerprint density at radius 1 is 1.16 bits per heavy atom. The van der Waals surface area contributed by atoms with E-state index in [4.69, 9.17) is 0 Å². The number of hydrogen-bond donors (Lipinski definition) is 2. The molecule has 2 aromatic heterocycles. The number of thiazole rings is 1. The van der Waals surface area contributed by atoms with Crippen LogP contribution in [-0.2, 0) is 0 Å². The molecule has 0 bridgehead atoms. The van der Waals surface area contributed by atoms with E-state index in [0.29, 0.717) is 10.8 Å². The Balaban J connectivity index is 1.93. The van der Waals surface area contributed by atoms with Crippen LogP contribution < -0.4 is 10.6 Å². The van der Waals surface area contributed by atoms with Gasteiger partial charge < -0.3 is 10.6 Å². The summed E-state index contributed by atoms with van der Waals surface area (Å²) < 4.78 is 0. The van der Waals surface area contributed by atoms with E-state index >= 15 is 0 Å². The standard InChI is InChI=1S/C19H20N4OS/c1-12-6-7-14(9-13(12)2)17(15-5-4-8-21-10-15)23-18(24)16-11-25-19(20-3)22-16/h4-11,17H,1-3H3,(H,20,22)(H,23,24)/t17-/m1/s1. The Kier molecular flexibility index (Phi) is 5.09. The SMILES string of the molecule is CNc1nc(C(=O)N[C@@H](c2cccnc2)c2ccc(C)c(C)c2)cs1. The number of amides is 1. The lowest BCUT2D eigenvalue weighted by atomic mass is 9.96. The molecule has 0 spiro atoms. The molecule has 1 atom stereocenters. The first-order valence-electron chi connectivity index (χ1n) is 7.99. The number of pyridine rings is 1. The fourth-order valence-corrected chi connectivity index (χ4v) is 3.20. The number of anilines is 1. The van der Waals surface area contributed by atoms with Crippen molar-refractivity contribution < 1.29 is 4.79 Å². The lowest BCUT2D eigenvalue weighted by Crippen LogP contribution is -2.29. The van der Waals surface area contributed by atoms with Crippen LogP contribution in [0.3, 0.4) is 0 Å². The molecule has 0 aliphatic rings. The average molecular weight is 352 g/mol. The van der Waals surface area contributed by atoms with E-state index in [0.717, 1.165) is 11.1 Å². The molecule has 1 amide bonds. The minimum atomic E-state index is -0.278. The second-order valence-corrected chi connectivity index (χ2v) is 6.68. The van der Waals surface area contributed by atoms with Gasteiger partial charge in [0.05, 0.1) is 6.04 Å². The number of hydrogen-bond acceptors (Lipinski definition) is 5. The van der Waals surface area contributed by atoms with Gasteiger partial charge in [-0.15, -0.1) is 11.3 Å². The molecule has 6 heteroatoms. The highest BCUT2D eigenvalue weighted by Gasteiger charge is 2.20. The van der Waals surface area contributed by atoms with Gasteiger partial charge in [-0.2, -0.15) is 0 Å². The number of nitrogens with one attached hydrogen (secondary N) is 2. The van der Waals surface area contributed by atoms with Crippen LogP contribution in [0.15, 0.2) is 48.1 Å². The normalized spacial score (nSPS) is 11.8. The first-order valence-corrected chi connectivity index (χ1v) is 8.87. The molecule has 128 valence electrons. The Labute approximate surface area is 151 Å². The number of aromatic nitrogens is 2. The summed E-state index contributed by atoms with van der Waals surface area (Å²) in [7, 11) is 1.79. The van der Waals surface area contributed by atoms with E-state index in [9.17, 15) is 4.79 Å². The summed E-state index contributed by atoms with van der Waals surface area (Å²) in [6, 6.07) is 9.78. The Bertz CT molecular complexity index is 876. The van der Waals surface area contributed by atoms with Crippen molar-refractivity contribution in [3.8, 4) is 0 Å². The van der Waals surface area contributed by atoms with Crippen LogP contribution in [0.2, 0.25) is 0 Å². The molecule has 0 saturated carbocycles.